The third-order valence-electron chi connectivity index (χ3n) is 6.51. The van der Waals surface area contributed by atoms with Gasteiger partial charge in [0.15, 0.2) is 24.3 Å². The largest absolute Gasteiger partial charge is 0.470 e. The number of likely N-dealkylation sites (tertiary alicyclic amines) is 1. The van der Waals surface area contributed by atoms with Crippen molar-refractivity contribution in [1.82, 2.24) is 15.4 Å². The Morgan fingerprint density at radius 3 is 2.44 bits per heavy atom. The van der Waals surface area contributed by atoms with Crippen LogP contribution in [0.4, 0.5) is 9.18 Å². The van der Waals surface area contributed by atoms with Gasteiger partial charge in [-0.1, -0.05) is 35.8 Å². The highest BCUT2D eigenvalue weighted by Crippen LogP contribution is 2.53. The van der Waals surface area contributed by atoms with E-state index in [0.717, 1.165) is 30.4 Å². The van der Waals surface area contributed by atoms with Crippen LogP contribution < -0.4 is 10.1 Å². The SMILES string of the molecule is CNC(=O)c1cc(COC(=O)N2CC3(CCC3)C2Oc2ccc(-c3ccc(F)cc3)cc2)on1. The first-order valence-corrected chi connectivity index (χ1v) is 11.1. The van der Waals surface area contributed by atoms with Crippen LogP contribution in [-0.2, 0) is 11.3 Å². The van der Waals surface area contributed by atoms with Crippen molar-refractivity contribution in [3.63, 3.8) is 0 Å². The molecule has 2 aliphatic rings. The van der Waals surface area contributed by atoms with E-state index in [2.05, 4.69) is 10.5 Å². The topological polar surface area (TPSA) is 93.9 Å². The van der Waals surface area contributed by atoms with Crippen LogP contribution in [0, 0.1) is 11.2 Å². The Labute approximate surface area is 195 Å². The van der Waals surface area contributed by atoms with E-state index in [1.165, 1.54) is 25.2 Å². The molecule has 5 rings (SSSR count). The quantitative estimate of drug-likeness (QED) is 0.581. The molecule has 2 fully saturated rings. The van der Waals surface area contributed by atoms with Crippen molar-refractivity contribution >= 4 is 12.0 Å². The Morgan fingerprint density at radius 1 is 1.15 bits per heavy atom. The number of aromatic nitrogens is 1. The maximum absolute atomic E-state index is 13.2. The van der Waals surface area contributed by atoms with Gasteiger partial charge in [-0.15, -0.1) is 0 Å². The zero-order chi connectivity index (χ0) is 23.7. The highest BCUT2D eigenvalue weighted by atomic mass is 19.1. The zero-order valence-electron chi connectivity index (χ0n) is 18.6. The number of halogens is 1. The summed E-state index contributed by atoms with van der Waals surface area (Å²) in [4.78, 5) is 25.9. The minimum atomic E-state index is -0.511. The Balaban J connectivity index is 1.23. The van der Waals surface area contributed by atoms with Crippen molar-refractivity contribution < 1.29 is 28.0 Å². The molecule has 1 aromatic heterocycles. The zero-order valence-corrected chi connectivity index (χ0v) is 18.6. The number of carbonyl (C=O) groups excluding carboxylic acids is 2. The van der Waals surface area contributed by atoms with Gasteiger partial charge in [0, 0.05) is 25.1 Å². The third kappa shape index (κ3) is 4.09. The summed E-state index contributed by atoms with van der Waals surface area (Å²) in [6.45, 7) is 0.440. The summed E-state index contributed by atoms with van der Waals surface area (Å²) >= 11 is 0. The molecule has 8 nitrogen and oxygen atoms in total. The number of nitrogens with zero attached hydrogens (tertiary/aromatic N) is 2. The lowest BCUT2D eigenvalue weighted by Gasteiger charge is -2.60. The van der Waals surface area contributed by atoms with Gasteiger partial charge < -0.3 is 19.3 Å². The summed E-state index contributed by atoms with van der Waals surface area (Å²) in [7, 11) is 1.49. The summed E-state index contributed by atoms with van der Waals surface area (Å²) < 4.78 is 29.9. The molecule has 1 saturated heterocycles. The minimum Gasteiger partial charge on any atom is -0.470 e. The predicted molar refractivity (Wildman–Crippen MR) is 119 cm³/mol. The standard InChI is InChI=1S/C25H24FN3O5/c1-27-22(30)21-13-20(34-28-21)14-32-24(31)29-15-25(11-2-12-25)23(29)33-19-9-5-17(6-10-19)16-3-7-18(26)8-4-16/h3-10,13,23H,2,11-12,14-15H2,1H3,(H,27,30). The summed E-state index contributed by atoms with van der Waals surface area (Å²) in [5.41, 5.74) is 1.92. The molecular formula is C25H24FN3O5. The van der Waals surface area contributed by atoms with Crippen LogP contribution in [0.3, 0.4) is 0 Å². The van der Waals surface area contributed by atoms with Gasteiger partial charge in [-0.3, -0.25) is 9.69 Å². The number of benzene rings is 2. The molecule has 2 amide bonds. The molecule has 2 aromatic carbocycles. The fraction of sp³-hybridized carbons (Fsp3) is 0.320. The molecule has 9 heteroatoms. The van der Waals surface area contributed by atoms with Gasteiger partial charge in [-0.05, 0) is 48.2 Å². The first kappa shape index (κ1) is 21.9. The first-order chi connectivity index (χ1) is 16.5. The van der Waals surface area contributed by atoms with Crippen molar-refractivity contribution in [1.29, 1.82) is 0 Å². The van der Waals surface area contributed by atoms with Crippen molar-refractivity contribution in [2.24, 2.45) is 5.41 Å². The van der Waals surface area contributed by atoms with E-state index in [1.54, 1.807) is 17.0 Å². The first-order valence-electron chi connectivity index (χ1n) is 11.1. The van der Waals surface area contributed by atoms with Gasteiger partial charge in [0.25, 0.3) is 5.91 Å². The molecule has 1 saturated carbocycles. The summed E-state index contributed by atoms with van der Waals surface area (Å²) in [5.74, 6) is 0.265. The molecule has 1 aliphatic heterocycles. The molecule has 34 heavy (non-hydrogen) atoms. The van der Waals surface area contributed by atoms with Gasteiger partial charge in [0.1, 0.15) is 11.6 Å². The second kappa shape index (κ2) is 8.81. The number of hydrogen-bond donors (Lipinski definition) is 1. The number of ether oxygens (including phenoxy) is 2. The smallest absolute Gasteiger partial charge is 0.413 e. The minimum absolute atomic E-state index is 0.0483. The average Bonchev–Trinajstić information content (AvgIpc) is 3.29. The normalized spacial score (nSPS) is 18.1. The van der Waals surface area contributed by atoms with Crippen molar-refractivity contribution in [3.05, 3.63) is 71.9 Å². The van der Waals surface area contributed by atoms with Gasteiger partial charge in [-0.25, -0.2) is 9.18 Å². The van der Waals surface area contributed by atoms with Crippen LogP contribution in [0.5, 0.6) is 5.75 Å². The van der Waals surface area contributed by atoms with Crippen LogP contribution in [0.25, 0.3) is 11.1 Å². The van der Waals surface area contributed by atoms with Crippen LogP contribution in [0.1, 0.15) is 35.5 Å². The molecule has 2 heterocycles. The average molecular weight is 465 g/mol. The molecule has 176 valence electrons. The Bertz CT molecular complexity index is 1190. The summed E-state index contributed by atoms with van der Waals surface area (Å²) in [6, 6.07) is 15.3. The van der Waals surface area contributed by atoms with Gasteiger partial charge in [0.05, 0.1) is 0 Å². The summed E-state index contributed by atoms with van der Waals surface area (Å²) in [6.07, 6.45) is 2.16. The van der Waals surface area contributed by atoms with E-state index in [9.17, 15) is 14.0 Å². The lowest BCUT2D eigenvalue weighted by atomic mass is 9.62. The van der Waals surface area contributed by atoms with Crippen LogP contribution >= 0.6 is 0 Å². The molecule has 0 radical (unpaired) electrons. The van der Waals surface area contributed by atoms with Crippen LogP contribution in [0.15, 0.2) is 59.1 Å². The van der Waals surface area contributed by atoms with E-state index >= 15 is 0 Å². The maximum Gasteiger partial charge on any atom is 0.413 e. The second-order valence-electron chi connectivity index (χ2n) is 8.66. The molecule has 1 unspecified atom stereocenters. The van der Waals surface area contributed by atoms with E-state index in [4.69, 9.17) is 14.0 Å². The Kier molecular flexibility index (Phi) is 5.69. The number of nitrogens with one attached hydrogen (secondary N) is 1. The highest BCUT2D eigenvalue weighted by molar-refractivity contribution is 5.91. The molecule has 1 spiro atoms. The van der Waals surface area contributed by atoms with Crippen LogP contribution in [-0.4, -0.2) is 41.9 Å². The molecule has 1 atom stereocenters. The van der Waals surface area contributed by atoms with Crippen LogP contribution in [0.2, 0.25) is 0 Å². The van der Waals surface area contributed by atoms with E-state index < -0.39 is 12.3 Å². The highest BCUT2D eigenvalue weighted by Gasteiger charge is 2.60. The lowest BCUT2D eigenvalue weighted by Crippen LogP contribution is -2.71. The lowest BCUT2D eigenvalue weighted by molar-refractivity contribution is -0.197. The van der Waals surface area contributed by atoms with E-state index in [-0.39, 0.29) is 35.2 Å². The second-order valence-corrected chi connectivity index (χ2v) is 8.66. The Hall–Kier alpha value is -3.88. The van der Waals surface area contributed by atoms with Crippen molar-refractivity contribution in [2.75, 3.05) is 13.6 Å². The fourth-order valence-corrected chi connectivity index (χ4v) is 4.43. The van der Waals surface area contributed by atoms with E-state index in [0.29, 0.717) is 12.3 Å². The predicted octanol–water partition coefficient (Wildman–Crippen LogP) is 4.37. The van der Waals surface area contributed by atoms with Gasteiger partial charge in [0.2, 0.25) is 0 Å². The number of carbonyl (C=O) groups is 2. The molecule has 1 N–H and O–H groups in total. The Morgan fingerprint density at radius 2 is 1.82 bits per heavy atom. The third-order valence-corrected chi connectivity index (χ3v) is 6.51. The van der Waals surface area contributed by atoms with Gasteiger partial charge >= 0.3 is 6.09 Å². The summed E-state index contributed by atoms with van der Waals surface area (Å²) in [5, 5.41) is 6.11. The number of rotatable bonds is 6. The number of hydrogen-bond acceptors (Lipinski definition) is 6. The monoisotopic (exact) mass is 465 g/mol. The molecule has 1 aliphatic carbocycles. The maximum atomic E-state index is 13.2. The fourth-order valence-electron chi connectivity index (χ4n) is 4.43. The van der Waals surface area contributed by atoms with Gasteiger partial charge in [-0.2, -0.15) is 0 Å². The van der Waals surface area contributed by atoms with Crippen molar-refractivity contribution in [2.45, 2.75) is 32.1 Å². The van der Waals surface area contributed by atoms with Crippen molar-refractivity contribution in [3.8, 4) is 16.9 Å². The molecular weight excluding hydrogens is 441 g/mol. The van der Waals surface area contributed by atoms with E-state index in [1.807, 2.05) is 24.3 Å². The molecule has 3 aromatic rings. The number of amides is 2. The molecule has 0 bridgehead atoms.